The summed E-state index contributed by atoms with van der Waals surface area (Å²) in [7, 11) is -4.75. The molecule has 2 N–H and O–H groups in total. The summed E-state index contributed by atoms with van der Waals surface area (Å²) < 4.78 is 26.3. The van der Waals surface area contributed by atoms with Gasteiger partial charge in [-0.05, 0) is 64.2 Å². The molecule has 0 saturated heterocycles. The van der Waals surface area contributed by atoms with Gasteiger partial charge in [-0.1, -0.05) is 141 Å². The Bertz CT molecular complexity index is 852. The molecule has 284 valence electrons. The van der Waals surface area contributed by atoms with Crippen molar-refractivity contribution in [3.05, 3.63) is 24.3 Å². The molecule has 0 aromatic rings. The maximum atomic E-state index is 12.4. The minimum absolute atomic E-state index is 0. The van der Waals surface area contributed by atoms with Gasteiger partial charge in [-0.15, -0.1) is 0 Å². The number of phosphoric ester groups is 1. The Morgan fingerprint density at radius 1 is 0.551 bits per heavy atom. The number of allylic oxidation sites excluding steroid dienone is 4. The zero-order valence-corrected chi connectivity index (χ0v) is 34.8. The summed E-state index contributed by atoms with van der Waals surface area (Å²) in [6.07, 6.45) is 38.9. The van der Waals surface area contributed by atoms with Crippen molar-refractivity contribution in [2.24, 2.45) is 0 Å². The number of esters is 2. The Kier molecular flexibility index (Phi) is 40.0. The van der Waals surface area contributed by atoms with E-state index in [0.717, 1.165) is 64.2 Å². The molecule has 8 nitrogen and oxygen atoms in total. The Hall–Kier alpha value is -0.470. The van der Waals surface area contributed by atoms with E-state index in [1.807, 2.05) is 0 Å². The van der Waals surface area contributed by atoms with E-state index in [-0.39, 0.29) is 50.4 Å². The molecule has 0 rings (SSSR count). The summed E-state index contributed by atoms with van der Waals surface area (Å²) in [4.78, 5) is 42.7. The van der Waals surface area contributed by atoms with Crippen LogP contribution < -0.4 is 29.6 Å². The average Bonchev–Trinajstić information content (AvgIpc) is 3.05. The van der Waals surface area contributed by atoms with Gasteiger partial charge in [0.15, 0.2) is 6.10 Å². The van der Waals surface area contributed by atoms with Crippen LogP contribution in [0.1, 0.15) is 195 Å². The summed E-state index contributed by atoms with van der Waals surface area (Å²) in [6.45, 7) is 3.66. The Morgan fingerprint density at radius 3 is 1.29 bits per heavy atom. The monoisotopic (exact) mass is 725 g/mol. The standard InChI is InChI=1S/C39H73O8P.Na.H/c1-3-5-7-9-11-13-15-17-19-21-23-25-27-29-31-33-38(40)45-35-37(36-46-48(42,43)44)47-39(41)34-32-30-28-26-24-22-20-18-16-14-12-10-8-6-4-2;;/h17-20,37H,3-16,21-36H2,1-2H3,(H2,42,43,44);;/q;+1;-1/b19-17-,20-18-;;/t37-;;/m1../s1. The van der Waals surface area contributed by atoms with Gasteiger partial charge >= 0.3 is 49.3 Å². The molecule has 0 radical (unpaired) electrons. The normalized spacial score (nSPS) is 12.4. The predicted octanol–water partition coefficient (Wildman–Crippen LogP) is 8.74. The van der Waals surface area contributed by atoms with Gasteiger partial charge in [0, 0.05) is 12.8 Å². The fourth-order valence-electron chi connectivity index (χ4n) is 5.48. The number of hydrogen-bond acceptors (Lipinski definition) is 6. The summed E-state index contributed by atoms with van der Waals surface area (Å²) in [6, 6.07) is 0. The number of phosphoric acid groups is 1. The minimum Gasteiger partial charge on any atom is -1.00 e. The van der Waals surface area contributed by atoms with Crippen LogP contribution in [0.5, 0.6) is 0 Å². The largest absolute Gasteiger partial charge is 1.00 e. The summed E-state index contributed by atoms with van der Waals surface area (Å²) in [5.74, 6) is -0.901. The molecule has 0 saturated carbocycles. The van der Waals surface area contributed by atoms with E-state index >= 15 is 0 Å². The maximum absolute atomic E-state index is 12.4. The molecule has 0 unspecified atom stereocenters. The number of carbonyl (C=O) groups excluding carboxylic acids is 2. The van der Waals surface area contributed by atoms with Crippen molar-refractivity contribution in [2.45, 2.75) is 200 Å². The first-order chi connectivity index (χ1) is 23.3. The Labute approximate surface area is 324 Å². The molecule has 0 amide bonds. The van der Waals surface area contributed by atoms with E-state index in [1.54, 1.807) is 0 Å². The van der Waals surface area contributed by atoms with Crippen molar-refractivity contribution in [3.8, 4) is 0 Å². The number of ether oxygens (including phenoxy) is 2. The van der Waals surface area contributed by atoms with Crippen molar-refractivity contribution in [3.63, 3.8) is 0 Å². The number of carbonyl (C=O) groups is 2. The topological polar surface area (TPSA) is 119 Å². The van der Waals surface area contributed by atoms with Gasteiger partial charge in [0.25, 0.3) is 0 Å². The van der Waals surface area contributed by atoms with E-state index in [1.165, 1.54) is 89.9 Å². The van der Waals surface area contributed by atoms with Crippen LogP contribution in [-0.2, 0) is 28.2 Å². The van der Waals surface area contributed by atoms with Crippen LogP contribution in [0.3, 0.4) is 0 Å². The third-order valence-electron chi connectivity index (χ3n) is 8.44. The SMILES string of the molecule is CCCCCCCC/C=C\CCCCCCCC(=O)OC[C@H](COP(=O)(O)O)OC(=O)CCCCCCC/C=C\CCCCCCCC.[H-].[Na+]. The molecule has 49 heavy (non-hydrogen) atoms. The van der Waals surface area contributed by atoms with Gasteiger partial charge in [0.2, 0.25) is 0 Å². The molecule has 0 aromatic carbocycles. The molecular formula is C39H74NaO8P. The van der Waals surface area contributed by atoms with Crippen LogP contribution in [0, 0.1) is 0 Å². The van der Waals surface area contributed by atoms with Crippen LogP contribution in [0.15, 0.2) is 24.3 Å². The van der Waals surface area contributed by atoms with Gasteiger partial charge < -0.3 is 20.7 Å². The second-order valence-electron chi connectivity index (χ2n) is 13.2. The molecule has 0 aromatic heterocycles. The van der Waals surface area contributed by atoms with Gasteiger partial charge in [0.05, 0.1) is 6.61 Å². The van der Waals surface area contributed by atoms with E-state index in [4.69, 9.17) is 19.3 Å². The molecular weight excluding hydrogens is 650 g/mol. The van der Waals surface area contributed by atoms with Crippen molar-refractivity contribution in [2.75, 3.05) is 13.2 Å². The van der Waals surface area contributed by atoms with E-state index in [0.29, 0.717) is 12.8 Å². The van der Waals surface area contributed by atoms with Crippen LogP contribution in [0.25, 0.3) is 0 Å². The van der Waals surface area contributed by atoms with Crippen molar-refractivity contribution in [1.82, 2.24) is 0 Å². The fourth-order valence-corrected chi connectivity index (χ4v) is 5.84. The van der Waals surface area contributed by atoms with Crippen LogP contribution in [0.4, 0.5) is 0 Å². The number of unbranched alkanes of at least 4 members (excludes halogenated alkanes) is 22. The Balaban J connectivity index is -0.0000110. The van der Waals surface area contributed by atoms with Crippen LogP contribution >= 0.6 is 7.82 Å². The summed E-state index contributed by atoms with van der Waals surface area (Å²) in [5.41, 5.74) is 0. The molecule has 0 bridgehead atoms. The van der Waals surface area contributed by atoms with Crippen molar-refractivity contribution < 1.29 is 68.9 Å². The molecule has 0 heterocycles. The first-order valence-electron chi connectivity index (χ1n) is 19.6. The van der Waals surface area contributed by atoms with E-state index in [9.17, 15) is 14.2 Å². The summed E-state index contributed by atoms with van der Waals surface area (Å²) in [5, 5.41) is 0. The van der Waals surface area contributed by atoms with E-state index in [2.05, 4.69) is 42.7 Å². The van der Waals surface area contributed by atoms with Crippen molar-refractivity contribution >= 4 is 19.8 Å². The zero-order chi connectivity index (χ0) is 35.4. The minimum atomic E-state index is -4.75. The second kappa shape index (κ2) is 38.8. The number of hydrogen-bond donors (Lipinski definition) is 2. The van der Waals surface area contributed by atoms with Gasteiger partial charge in [0.1, 0.15) is 6.61 Å². The molecule has 0 spiro atoms. The first kappa shape index (κ1) is 50.6. The molecule has 0 fully saturated rings. The molecule has 10 heteroatoms. The summed E-state index contributed by atoms with van der Waals surface area (Å²) >= 11 is 0. The maximum Gasteiger partial charge on any atom is 1.00 e. The molecule has 0 aliphatic rings. The van der Waals surface area contributed by atoms with Crippen molar-refractivity contribution in [1.29, 1.82) is 0 Å². The first-order valence-corrected chi connectivity index (χ1v) is 21.2. The molecule has 0 aliphatic carbocycles. The van der Waals surface area contributed by atoms with Crippen LogP contribution in [0.2, 0.25) is 0 Å². The van der Waals surface area contributed by atoms with Gasteiger partial charge in [-0.2, -0.15) is 0 Å². The van der Waals surface area contributed by atoms with Crippen LogP contribution in [-0.4, -0.2) is 41.0 Å². The third kappa shape index (κ3) is 41.8. The fraction of sp³-hybridized carbons (Fsp3) is 0.846. The zero-order valence-electron chi connectivity index (χ0n) is 32.9. The predicted molar refractivity (Wildman–Crippen MR) is 199 cm³/mol. The quantitative estimate of drug-likeness (QED) is 0.0217. The Morgan fingerprint density at radius 2 is 0.898 bits per heavy atom. The average molecular weight is 725 g/mol. The number of rotatable bonds is 36. The molecule has 1 atom stereocenters. The van der Waals surface area contributed by atoms with Gasteiger partial charge in [-0.25, -0.2) is 4.57 Å². The van der Waals surface area contributed by atoms with E-state index < -0.39 is 32.5 Å². The van der Waals surface area contributed by atoms with Gasteiger partial charge in [-0.3, -0.25) is 14.1 Å². The smallest absolute Gasteiger partial charge is 1.00 e. The molecule has 0 aliphatic heterocycles. The second-order valence-corrected chi connectivity index (χ2v) is 14.5. The third-order valence-corrected chi connectivity index (χ3v) is 8.93.